The van der Waals surface area contributed by atoms with Crippen LogP contribution in [0, 0.1) is 0 Å². The zero-order chi connectivity index (χ0) is 20.2. The average molecular weight is 400 g/mol. The molecule has 0 aliphatic carbocycles. The number of fused-ring (bicyclic) bond motifs is 1. The van der Waals surface area contributed by atoms with Crippen molar-refractivity contribution in [3.05, 3.63) is 23.3 Å². The van der Waals surface area contributed by atoms with Crippen molar-refractivity contribution in [3.63, 3.8) is 0 Å². The molecule has 1 aromatic heterocycles. The number of hydrogen-bond acceptors (Lipinski definition) is 5. The second-order valence-electron chi connectivity index (χ2n) is 8.74. The van der Waals surface area contributed by atoms with Gasteiger partial charge in [0.05, 0.1) is 12.2 Å². The molecular formula is C22H33N5O2. The molecule has 29 heavy (non-hydrogen) atoms. The number of carbonyl (C=O) groups is 2. The topological polar surface area (TPSA) is 69.6 Å². The Kier molecular flexibility index (Phi) is 6.43. The maximum absolute atomic E-state index is 12.8. The Morgan fingerprint density at radius 1 is 1.00 bits per heavy atom. The van der Waals surface area contributed by atoms with Crippen molar-refractivity contribution in [2.75, 3.05) is 39.3 Å². The maximum atomic E-state index is 12.8. The third-order valence-corrected chi connectivity index (χ3v) is 6.67. The summed E-state index contributed by atoms with van der Waals surface area (Å²) in [6.45, 7) is 7.23. The molecule has 0 radical (unpaired) electrons. The van der Waals surface area contributed by atoms with Crippen LogP contribution >= 0.6 is 0 Å². The highest BCUT2D eigenvalue weighted by atomic mass is 16.2. The average Bonchev–Trinajstić information content (AvgIpc) is 3.01. The lowest BCUT2D eigenvalue weighted by Gasteiger charge is -2.32. The highest BCUT2D eigenvalue weighted by Gasteiger charge is 2.27. The molecule has 7 nitrogen and oxygen atoms in total. The van der Waals surface area contributed by atoms with Crippen LogP contribution in [-0.4, -0.2) is 75.8 Å². The van der Waals surface area contributed by atoms with E-state index in [1.54, 1.807) is 6.92 Å². The minimum Gasteiger partial charge on any atom is -0.343 e. The monoisotopic (exact) mass is 399 g/mol. The smallest absolute Gasteiger partial charge is 0.237 e. The normalized spacial score (nSPS) is 21.6. The molecule has 0 spiro atoms. The van der Waals surface area contributed by atoms with Crippen molar-refractivity contribution >= 4 is 11.8 Å². The Balaban J connectivity index is 1.34. The minimum atomic E-state index is 0.153. The van der Waals surface area contributed by atoms with Gasteiger partial charge in [0.2, 0.25) is 11.8 Å². The van der Waals surface area contributed by atoms with Crippen molar-refractivity contribution < 1.29 is 9.59 Å². The van der Waals surface area contributed by atoms with Crippen molar-refractivity contribution in [1.82, 2.24) is 24.7 Å². The summed E-state index contributed by atoms with van der Waals surface area (Å²) in [5, 5.41) is 0. The Hall–Kier alpha value is -2.02. The molecule has 1 aromatic rings. The molecule has 0 unspecified atom stereocenters. The Morgan fingerprint density at radius 2 is 1.72 bits per heavy atom. The van der Waals surface area contributed by atoms with Crippen LogP contribution in [0.3, 0.4) is 0 Å². The molecular weight excluding hydrogens is 366 g/mol. The number of rotatable bonds is 3. The first-order chi connectivity index (χ1) is 14.1. The van der Waals surface area contributed by atoms with Crippen LogP contribution in [0.15, 0.2) is 6.20 Å². The summed E-state index contributed by atoms with van der Waals surface area (Å²) >= 11 is 0. The molecule has 0 atom stereocenters. The Bertz CT molecular complexity index is 737. The molecule has 4 heterocycles. The van der Waals surface area contributed by atoms with Crippen LogP contribution < -0.4 is 0 Å². The first kappa shape index (κ1) is 20.3. The van der Waals surface area contributed by atoms with Crippen LogP contribution in [0.4, 0.5) is 0 Å². The summed E-state index contributed by atoms with van der Waals surface area (Å²) in [4.78, 5) is 40.0. The van der Waals surface area contributed by atoms with E-state index in [1.807, 2.05) is 16.0 Å². The second-order valence-corrected chi connectivity index (χ2v) is 8.74. The molecule has 0 N–H and O–H groups in total. The predicted octanol–water partition coefficient (Wildman–Crippen LogP) is 1.96. The van der Waals surface area contributed by atoms with Crippen molar-refractivity contribution in [3.8, 4) is 0 Å². The fourth-order valence-electron chi connectivity index (χ4n) is 4.78. The van der Waals surface area contributed by atoms with Gasteiger partial charge < -0.3 is 9.80 Å². The van der Waals surface area contributed by atoms with Gasteiger partial charge in [0, 0.05) is 57.2 Å². The molecule has 3 aliphatic heterocycles. The fraction of sp³-hybridized carbons (Fsp3) is 0.727. The van der Waals surface area contributed by atoms with E-state index in [4.69, 9.17) is 4.98 Å². The van der Waals surface area contributed by atoms with Crippen LogP contribution in [0.25, 0.3) is 0 Å². The largest absolute Gasteiger partial charge is 0.343 e. The molecule has 4 rings (SSSR count). The zero-order valence-corrected chi connectivity index (χ0v) is 17.6. The summed E-state index contributed by atoms with van der Waals surface area (Å²) in [5.41, 5.74) is 2.19. The fourth-order valence-corrected chi connectivity index (χ4v) is 4.78. The number of nitrogens with zero attached hydrogens (tertiary/aromatic N) is 5. The Morgan fingerprint density at radius 3 is 2.41 bits per heavy atom. The summed E-state index contributed by atoms with van der Waals surface area (Å²) in [5.74, 6) is 1.63. The molecule has 0 saturated carbocycles. The summed E-state index contributed by atoms with van der Waals surface area (Å²) in [6, 6.07) is 0. The predicted molar refractivity (Wildman–Crippen MR) is 110 cm³/mol. The lowest BCUT2D eigenvalue weighted by molar-refractivity contribution is -0.133. The van der Waals surface area contributed by atoms with Crippen molar-refractivity contribution in [2.24, 2.45) is 0 Å². The SMILES string of the molecule is CC(=O)N1CCC(c2ncc3c(n2)CCN(C(=O)CN2CCCCCC2)C3)CC1. The first-order valence-corrected chi connectivity index (χ1v) is 11.2. The van der Waals surface area contributed by atoms with E-state index in [9.17, 15) is 9.59 Å². The summed E-state index contributed by atoms with van der Waals surface area (Å²) in [6.07, 6.45) is 9.58. The van der Waals surface area contributed by atoms with Gasteiger partial charge in [0.15, 0.2) is 0 Å². The van der Waals surface area contributed by atoms with Gasteiger partial charge in [-0.05, 0) is 38.8 Å². The number of likely N-dealkylation sites (tertiary alicyclic amines) is 2. The quantitative estimate of drug-likeness (QED) is 0.777. The molecule has 0 bridgehead atoms. The number of carbonyl (C=O) groups excluding carboxylic acids is 2. The van der Waals surface area contributed by atoms with Gasteiger partial charge in [0.25, 0.3) is 0 Å². The number of piperidine rings is 1. The third kappa shape index (κ3) is 4.94. The highest BCUT2D eigenvalue weighted by molar-refractivity contribution is 5.78. The molecule has 2 saturated heterocycles. The molecule has 2 amide bonds. The van der Waals surface area contributed by atoms with Gasteiger partial charge in [-0.25, -0.2) is 9.97 Å². The van der Waals surface area contributed by atoms with Gasteiger partial charge in [-0.3, -0.25) is 14.5 Å². The van der Waals surface area contributed by atoms with Gasteiger partial charge in [-0.2, -0.15) is 0 Å². The van der Waals surface area contributed by atoms with Gasteiger partial charge in [-0.15, -0.1) is 0 Å². The standard InChI is InChI=1S/C22H33N5O2/c1-17(28)26-11-6-18(7-12-26)22-23-14-19-15-27(13-8-20(19)24-22)21(29)16-25-9-4-2-3-5-10-25/h14,18H,2-13,15-16H2,1H3. The molecule has 158 valence electrons. The third-order valence-electron chi connectivity index (χ3n) is 6.67. The van der Waals surface area contributed by atoms with E-state index in [0.29, 0.717) is 19.0 Å². The van der Waals surface area contributed by atoms with Crippen LogP contribution in [-0.2, 0) is 22.6 Å². The minimum absolute atomic E-state index is 0.153. The van der Waals surface area contributed by atoms with E-state index in [0.717, 1.165) is 69.1 Å². The van der Waals surface area contributed by atoms with E-state index >= 15 is 0 Å². The van der Waals surface area contributed by atoms with E-state index < -0.39 is 0 Å². The molecule has 7 heteroatoms. The van der Waals surface area contributed by atoms with Crippen molar-refractivity contribution in [2.45, 2.75) is 64.3 Å². The van der Waals surface area contributed by atoms with Crippen LogP contribution in [0.1, 0.15) is 68.4 Å². The summed E-state index contributed by atoms with van der Waals surface area (Å²) < 4.78 is 0. The second kappa shape index (κ2) is 9.20. The molecule has 2 fully saturated rings. The lowest BCUT2D eigenvalue weighted by atomic mass is 9.95. The maximum Gasteiger partial charge on any atom is 0.237 e. The first-order valence-electron chi connectivity index (χ1n) is 11.2. The number of aromatic nitrogens is 2. The molecule has 3 aliphatic rings. The van der Waals surface area contributed by atoms with Crippen LogP contribution in [0.5, 0.6) is 0 Å². The van der Waals surface area contributed by atoms with E-state index in [1.165, 1.54) is 25.7 Å². The Labute approximate surface area is 173 Å². The van der Waals surface area contributed by atoms with Gasteiger partial charge in [0.1, 0.15) is 5.82 Å². The van der Waals surface area contributed by atoms with E-state index in [-0.39, 0.29) is 11.8 Å². The highest BCUT2D eigenvalue weighted by Crippen LogP contribution is 2.27. The van der Waals surface area contributed by atoms with E-state index in [2.05, 4.69) is 9.88 Å². The summed E-state index contributed by atoms with van der Waals surface area (Å²) in [7, 11) is 0. The molecule has 0 aromatic carbocycles. The van der Waals surface area contributed by atoms with Crippen molar-refractivity contribution in [1.29, 1.82) is 0 Å². The van der Waals surface area contributed by atoms with Gasteiger partial charge in [-0.1, -0.05) is 12.8 Å². The number of amides is 2. The van der Waals surface area contributed by atoms with Gasteiger partial charge >= 0.3 is 0 Å². The lowest BCUT2D eigenvalue weighted by Crippen LogP contribution is -2.43. The zero-order valence-electron chi connectivity index (χ0n) is 17.6. The van der Waals surface area contributed by atoms with Crippen LogP contribution in [0.2, 0.25) is 0 Å². The number of hydrogen-bond donors (Lipinski definition) is 0.